The topological polar surface area (TPSA) is 42.5 Å². The van der Waals surface area contributed by atoms with Gasteiger partial charge in [0.15, 0.2) is 5.11 Å². The second kappa shape index (κ2) is 6.92. The number of thiocarbonyl (C=S) groups is 1. The van der Waals surface area contributed by atoms with Gasteiger partial charge in [-0.3, -0.25) is 0 Å². The average molecular weight is 356 g/mol. The quantitative estimate of drug-likeness (QED) is 0.787. The van der Waals surface area contributed by atoms with Gasteiger partial charge in [-0.2, -0.15) is 0 Å². The lowest BCUT2D eigenvalue weighted by molar-refractivity contribution is 0.0696. The first-order valence-corrected chi connectivity index (χ1v) is 8.78. The van der Waals surface area contributed by atoms with Gasteiger partial charge < -0.3 is 20.1 Å². The number of aryl methyl sites for hydroxylation is 1. The van der Waals surface area contributed by atoms with Crippen LogP contribution in [0.3, 0.4) is 0 Å². The molecule has 0 amide bonds. The van der Waals surface area contributed by atoms with Crippen LogP contribution in [0.1, 0.15) is 37.4 Å². The maximum absolute atomic E-state index is 6.11. The van der Waals surface area contributed by atoms with E-state index in [9.17, 15) is 0 Å². The van der Waals surface area contributed by atoms with E-state index < -0.39 is 0 Å². The largest absolute Gasteiger partial charge is 0.497 e. The Kier molecular flexibility index (Phi) is 4.86. The van der Waals surface area contributed by atoms with Gasteiger partial charge in [0.1, 0.15) is 17.1 Å². The van der Waals surface area contributed by atoms with Crippen LogP contribution < -0.4 is 20.1 Å². The van der Waals surface area contributed by atoms with Gasteiger partial charge in [0.05, 0.1) is 13.2 Å². The van der Waals surface area contributed by atoms with Gasteiger partial charge in [-0.05, 0) is 63.3 Å². The summed E-state index contributed by atoms with van der Waals surface area (Å²) in [5.74, 6) is 1.74. The highest BCUT2D eigenvalue weighted by Crippen LogP contribution is 2.39. The molecule has 1 aliphatic rings. The van der Waals surface area contributed by atoms with E-state index >= 15 is 0 Å². The molecule has 1 heterocycles. The number of benzene rings is 2. The summed E-state index contributed by atoms with van der Waals surface area (Å²) >= 11 is 5.52. The molecule has 0 saturated heterocycles. The van der Waals surface area contributed by atoms with Crippen molar-refractivity contribution in [3.8, 4) is 11.5 Å². The fourth-order valence-corrected chi connectivity index (χ4v) is 3.36. The molecule has 0 saturated carbocycles. The normalized spacial score (nSPS) is 17.8. The molecule has 1 aliphatic heterocycles. The first-order chi connectivity index (χ1) is 11.9. The van der Waals surface area contributed by atoms with E-state index in [4.69, 9.17) is 21.7 Å². The number of hydrogen-bond acceptors (Lipinski definition) is 3. The summed E-state index contributed by atoms with van der Waals surface area (Å²) in [7, 11) is 1.65. The lowest BCUT2D eigenvalue weighted by Crippen LogP contribution is -2.42. The van der Waals surface area contributed by atoms with Crippen molar-refractivity contribution >= 4 is 23.0 Å². The SMILES string of the molecule is COc1ccc(NC(=S)NC2CC(C)(C)Oc3ccc(C)cc32)cc1. The number of methoxy groups -OCH3 is 1. The number of ether oxygens (including phenoxy) is 2. The van der Waals surface area contributed by atoms with Crippen LogP contribution in [0.4, 0.5) is 5.69 Å². The highest BCUT2D eigenvalue weighted by molar-refractivity contribution is 7.80. The van der Waals surface area contributed by atoms with Crippen molar-refractivity contribution in [1.29, 1.82) is 0 Å². The zero-order valence-electron chi connectivity index (χ0n) is 15.1. The molecule has 0 aliphatic carbocycles. The molecular weight excluding hydrogens is 332 g/mol. The zero-order valence-corrected chi connectivity index (χ0v) is 15.9. The minimum atomic E-state index is -0.240. The Balaban J connectivity index is 1.74. The Morgan fingerprint density at radius 1 is 1.20 bits per heavy atom. The molecule has 3 rings (SSSR count). The monoisotopic (exact) mass is 356 g/mol. The first kappa shape index (κ1) is 17.5. The molecule has 1 atom stereocenters. The van der Waals surface area contributed by atoms with Crippen LogP contribution in [0.5, 0.6) is 11.5 Å². The molecular formula is C20H24N2O2S. The maximum Gasteiger partial charge on any atom is 0.171 e. The average Bonchev–Trinajstić information content (AvgIpc) is 2.55. The second-order valence-electron chi connectivity index (χ2n) is 6.99. The summed E-state index contributed by atoms with van der Waals surface area (Å²) in [6.45, 7) is 6.29. The van der Waals surface area contributed by atoms with Crippen LogP contribution in [0.25, 0.3) is 0 Å². The third kappa shape index (κ3) is 4.23. The highest BCUT2D eigenvalue weighted by Gasteiger charge is 2.34. The fourth-order valence-electron chi connectivity index (χ4n) is 3.10. The van der Waals surface area contributed by atoms with Crippen molar-refractivity contribution < 1.29 is 9.47 Å². The number of hydrogen-bond donors (Lipinski definition) is 2. The molecule has 4 nitrogen and oxygen atoms in total. The van der Waals surface area contributed by atoms with E-state index in [1.54, 1.807) is 7.11 Å². The Morgan fingerprint density at radius 3 is 2.60 bits per heavy atom. The van der Waals surface area contributed by atoms with Crippen molar-refractivity contribution in [3.05, 3.63) is 53.6 Å². The summed E-state index contributed by atoms with van der Waals surface area (Å²) in [5.41, 5.74) is 3.05. The van der Waals surface area contributed by atoms with E-state index in [1.165, 1.54) is 5.56 Å². The molecule has 2 aromatic rings. The molecule has 132 valence electrons. The summed E-state index contributed by atoms with van der Waals surface area (Å²) in [5, 5.41) is 7.28. The number of anilines is 1. The van der Waals surface area contributed by atoms with Crippen LogP contribution in [0.2, 0.25) is 0 Å². The Hall–Kier alpha value is -2.27. The lowest BCUT2D eigenvalue weighted by Gasteiger charge is -2.38. The van der Waals surface area contributed by atoms with E-state index in [2.05, 4.69) is 43.5 Å². The predicted octanol–water partition coefficient (Wildman–Crippen LogP) is 4.59. The van der Waals surface area contributed by atoms with E-state index in [0.717, 1.165) is 29.2 Å². The van der Waals surface area contributed by atoms with Gasteiger partial charge in [0.2, 0.25) is 0 Å². The summed E-state index contributed by atoms with van der Waals surface area (Å²) in [6, 6.07) is 14.1. The van der Waals surface area contributed by atoms with Crippen LogP contribution in [0, 0.1) is 6.92 Å². The molecule has 5 heteroatoms. The molecule has 0 radical (unpaired) electrons. The van der Waals surface area contributed by atoms with Gasteiger partial charge >= 0.3 is 0 Å². The van der Waals surface area contributed by atoms with Crippen molar-refractivity contribution in [2.45, 2.75) is 38.8 Å². The van der Waals surface area contributed by atoms with E-state index in [-0.39, 0.29) is 11.6 Å². The Bertz CT molecular complexity index is 772. The van der Waals surface area contributed by atoms with Crippen molar-refractivity contribution in [2.75, 3.05) is 12.4 Å². The van der Waals surface area contributed by atoms with Crippen molar-refractivity contribution in [3.63, 3.8) is 0 Å². The Labute approximate surface area is 154 Å². The first-order valence-electron chi connectivity index (χ1n) is 8.37. The molecule has 0 bridgehead atoms. The molecule has 2 aromatic carbocycles. The van der Waals surface area contributed by atoms with Gasteiger partial charge in [0, 0.05) is 17.7 Å². The maximum atomic E-state index is 6.11. The highest BCUT2D eigenvalue weighted by atomic mass is 32.1. The fraction of sp³-hybridized carbons (Fsp3) is 0.350. The van der Waals surface area contributed by atoms with Crippen LogP contribution in [0.15, 0.2) is 42.5 Å². The Morgan fingerprint density at radius 2 is 1.92 bits per heavy atom. The lowest BCUT2D eigenvalue weighted by atomic mass is 9.89. The van der Waals surface area contributed by atoms with Crippen LogP contribution in [-0.4, -0.2) is 17.8 Å². The summed E-state index contributed by atoms with van der Waals surface area (Å²) in [6.07, 6.45) is 0.841. The van der Waals surface area contributed by atoms with Gasteiger partial charge in [-0.15, -0.1) is 0 Å². The van der Waals surface area contributed by atoms with Crippen LogP contribution in [-0.2, 0) is 0 Å². The standard InChI is InChI=1S/C20H24N2O2S/c1-13-5-10-18-16(11-13)17(12-20(2,3)24-18)22-19(25)21-14-6-8-15(23-4)9-7-14/h5-11,17H,12H2,1-4H3,(H2,21,22,25). The minimum absolute atomic E-state index is 0.108. The molecule has 0 fully saturated rings. The minimum Gasteiger partial charge on any atom is -0.497 e. The van der Waals surface area contributed by atoms with Gasteiger partial charge in [-0.1, -0.05) is 17.7 Å². The third-order valence-electron chi connectivity index (χ3n) is 4.28. The molecule has 1 unspecified atom stereocenters. The zero-order chi connectivity index (χ0) is 18.0. The molecule has 2 N–H and O–H groups in total. The van der Waals surface area contributed by atoms with Crippen molar-refractivity contribution in [1.82, 2.24) is 5.32 Å². The summed E-state index contributed by atoms with van der Waals surface area (Å²) in [4.78, 5) is 0. The summed E-state index contributed by atoms with van der Waals surface area (Å²) < 4.78 is 11.3. The molecule has 0 aromatic heterocycles. The van der Waals surface area contributed by atoms with E-state index in [1.807, 2.05) is 30.3 Å². The smallest absolute Gasteiger partial charge is 0.171 e. The number of rotatable bonds is 3. The number of nitrogens with one attached hydrogen (secondary N) is 2. The van der Waals surface area contributed by atoms with Gasteiger partial charge in [0.25, 0.3) is 0 Å². The van der Waals surface area contributed by atoms with Gasteiger partial charge in [-0.25, -0.2) is 0 Å². The molecule has 0 spiro atoms. The van der Waals surface area contributed by atoms with Crippen molar-refractivity contribution in [2.24, 2.45) is 0 Å². The molecule has 25 heavy (non-hydrogen) atoms. The predicted molar refractivity (Wildman–Crippen MR) is 106 cm³/mol. The number of fused-ring (bicyclic) bond motifs is 1. The van der Waals surface area contributed by atoms with E-state index in [0.29, 0.717) is 5.11 Å². The third-order valence-corrected chi connectivity index (χ3v) is 4.50. The second-order valence-corrected chi connectivity index (χ2v) is 7.39. The van der Waals surface area contributed by atoms with Crippen LogP contribution >= 0.6 is 12.2 Å².